The number of nitrogens with zero attached hydrogens (tertiary/aromatic N) is 13. The van der Waals surface area contributed by atoms with Gasteiger partial charge in [-0.05, 0) is 151 Å². The van der Waals surface area contributed by atoms with Gasteiger partial charge in [0.1, 0.15) is 53.0 Å². The van der Waals surface area contributed by atoms with Crippen LogP contribution in [0, 0.1) is 55.4 Å². The Kier molecular flexibility index (Phi) is 34.5. The van der Waals surface area contributed by atoms with Gasteiger partial charge >= 0.3 is 16.8 Å². The van der Waals surface area contributed by atoms with Crippen LogP contribution in [0.4, 0.5) is 5.69 Å². The normalized spacial score (nSPS) is 10.3. The molecule has 0 atom stereocenters. The van der Waals surface area contributed by atoms with Gasteiger partial charge in [-0.3, -0.25) is 19.7 Å². The van der Waals surface area contributed by atoms with Crippen LogP contribution in [0.15, 0.2) is 109 Å². The van der Waals surface area contributed by atoms with Crippen molar-refractivity contribution in [3.05, 3.63) is 142 Å². The Hall–Kier alpha value is -11.0. The quantitative estimate of drug-likeness (QED) is 0.0289. The van der Waals surface area contributed by atoms with E-state index in [1.54, 1.807) is 30.3 Å². The van der Waals surface area contributed by atoms with E-state index in [1.165, 1.54) is 12.1 Å². The summed E-state index contributed by atoms with van der Waals surface area (Å²) in [6.45, 7) is 16.2. The SMILES string of the molecule is CC(=O)O.CC(=O)O.CCCCCOc1ccc(C#N)c(C#N)c1.CCCCCOc1ccc2c(c1)-c1nc-2nc2[n-]c(nc3nc(nc4[n-]c(n1)c1ccc(OCCCCC)cc41)-c1ccc(OCCCCC)cc1-3)c1ccc(OCCCCC)cc21.N#Cc1ccc([N+](=O)[O-])cc1C#N.[Co+2].[Co]. The maximum absolute atomic E-state index is 10.3. The van der Waals surface area contributed by atoms with Crippen molar-refractivity contribution in [2.75, 3.05) is 33.0 Å². The zero-order valence-electron chi connectivity index (χ0n) is 58.6. The summed E-state index contributed by atoms with van der Waals surface area (Å²) in [6, 6.07) is 39.9. The van der Waals surface area contributed by atoms with E-state index < -0.39 is 16.9 Å². The maximum Gasteiger partial charge on any atom is 2.00 e. The molecule has 103 heavy (non-hydrogen) atoms. The van der Waals surface area contributed by atoms with E-state index in [9.17, 15) is 10.1 Å². The number of benzene rings is 6. The van der Waals surface area contributed by atoms with Crippen LogP contribution in [-0.4, -0.2) is 90.0 Å². The molecule has 0 unspecified atom stereocenters. The molecule has 0 fully saturated rings. The Balaban J connectivity index is 0.000000399. The zero-order valence-corrected chi connectivity index (χ0v) is 60.7. The van der Waals surface area contributed by atoms with Gasteiger partial charge in [-0.25, -0.2) is 9.97 Å². The number of hydrogen-bond donors (Lipinski definition) is 2. The number of aromatic nitrogens is 8. The molecule has 0 saturated heterocycles. The molecule has 24 nitrogen and oxygen atoms in total. The Morgan fingerprint density at radius 2 is 0.680 bits per heavy atom. The predicted octanol–water partition coefficient (Wildman–Crippen LogP) is 16.9. The fourth-order valence-electron chi connectivity index (χ4n) is 10.3. The van der Waals surface area contributed by atoms with Crippen molar-refractivity contribution >= 4 is 61.8 Å². The Labute approximate surface area is 619 Å². The first kappa shape index (κ1) is 82.7. The molecule has 0 spiro atoms. The third-order valence-corrected chi connectivity index (χ3v) is 15.4. The first-order chi connectivity index (χ1) is 49.0. The Bertz CT molecular complexity index is 4510. The fourth-order valence-corrected chi connectivity index (χ4v) is 10.3. The first-order valence-corrected chi connectivity index (χ1v) is 33.8. The van der Waals surface area contributed by atoms with Crippen molar-refractivity contribution < 1.29 is 82.0 Å². The minimum absolute atomic E-state index is 0. The molecule has 2 radical (unpaired) electrons. The number of ether oxygens (including phenoxy) is 5. The molecule has 5 heterocycles. The van der Waals surface area contributed by atoms with Crippen molar-refractivity contribution in [2.45, 2.75) is 145 Å². The number of nitro benzene ring substituents is 1. The number of nitro groups is 1. The van der Waals surface area contributed by atoms with Crippen LogP contribution >= 0.6 is 0 Å². The van der Waals surface area contributed by atoms with Crippen molar-refractivity contribution in [3.8, 4) is 98.6 Å². The number of unbranched alkanes of at least 4 members (excludes halogenated alkanes) is 10. The minimum atomic E-state index is -0.833. The van der Waals surface area contributed by atoms with Crippen LogP contribution in [0.5, 0.6) is 28.7 Å². The molecule has 9 aromatic rings. The van der Waals surface area contributed by atoms with Gasteiger partial charge in [-0.15, -0.1) is 0 Å². The van der Waals surface area contributed by atoms with Crippen LogP contribution in [0.1, 0.15) is 167 Å². The van der Waals surface area contributed by atoms with Gasteiger partial charge in [0, 0.05) is 87.6 Å². The Morgan fingerprint density at radius 1 is 0.398 bits per heavy atom. The minimum Gasteiger partial charge on any atom is -0.494 e. The van der Waals surface area contributed by atoms with Gasteiger partial charge in [0.05, 0.1) is 83.5 Å². The van der Waals surface area contributed by atoms with Gasteiger partial charge in [-0.2, -0.15) is 21.0 Å². The number of carboxylic acid groups (broad SMARTS) is 2. The monoisotopic (exact) mass is 1480 g/mol. The smallest absolute Gasteiger partial charge is 0.494 e. The summed E-state index contributed by atoms with van der Waals surface area (Å²) in [6.07, 6.45) is 16.1. The number of aliphatic carboxylic acids is 2. The topological polar surface area (TPSA) is 365 Å². The van der Waals surface area contributed by atoms with Gasteiger partial charge < -0.3 is 63.8 Å². The van der Waals surface area contributed by atoms with E-state index >= 15 is 0 Å². The van der Waals surface area contributed by atoms with Crippen LogP contribution in [0.3, 0.4) is 0 Å². The predicted molar refractivity (Wildman–Crippen MR) is 384 cm³/mol. The molecule has 0 amide bonds. The fraction of sp³-hybridized carbons (Fsp3) is 0.351. The summed E-state index contributed by atoms with van der Waals surface area (Å²) >= 11 is 0. The second kappa shape index (κ2) is 42.9. The summed E-state index contributed by atoms with van der Waals surface area (Å²) < 4.78 is 30.5. The number of nitriles is 4. The summed E-state index contributed by atoms with van der Waals surface area (Å²) in [7, 11) is 0. The molecule has 0 saturated carbocycles. The molecular formula is C77H81Co2N13O11. The summed E-state index contributed by atoms with van der Waals surface area (Å²) in [5.41, 5.74) is 5.86. The van der Waals surface area contributed by atoms with E-state index in [0.717, 1.165) is 183 Å². The number of fused-ring (bicyclic) bond motifs is 20. The standard InChI is InChI=1S/C52H56N8O4.C13H14N2O.C8H3N3O2.2C2H4O2.2Co/c1-5-9-13-25-61-33-17-21-37-41(29-33)49-53-45(37)58-50-43-31-35(63-27-15-11-7-3)19-23-39(43)47(55-50)60-52-44-32-36(64-28-16-12-8-4)20-24-40(44)48(56-52)59-51-42-30-34(62-26-14-10-6-2)18-22-38(42)46(54-51)57-49;1-2-3-4-7-16-13-6-5-11(9-14)12(8-13)10-15;9-4-6-1-2-8(11(12)13)3-7(6)5-10;2*1-2(3)4;;/h17-24,29-32H,5-16,25-28H2,1-4H3;5-6,8H,2-4,7H2,1H3;1-3H;2*1H3,(H,3,4);;/q-2;;;;;;+2. The van der Waals surface area contributed by atoms with Crippen molar-refractivity contribution in [3.63, 3.8) is 0 Å². The van der Waals surface area contributed by atoms with E-state index in [4.69, 9.17) is 104 Å². The van der Waals surface area contributed by atoms with Crippen LogP contribution < -0.4 is 33.7 Å². The molecule has 6 aromatic carbocycles. The number of rotatable bonds is 26. The molecule has 0 aliphatic carbocycles. The molecule has 26 heteroatoms. The van der Waals surface area contributed by atoms with Gasteiger partial charge in [0.2, 0.25) is 0 Å². The molecule has 3 aromatic heterocycles. The van der Waals surface area contributed by atoms with E-state index in [1.807, 2.05) is 84.9 Å². The first-order valence-electron chi connectivity index (χ1n) is 33.8. The molecule has 8 bridgehead atoms. The second-order valence-corrected chi connectivity index (χ2v) is 23.3. The van der Waals surface area contributed by atoms with E-state index in [0.29, 0.717) is 95.8 Å². The number of non-ortho nitro benzene ring substituents is 1. The number of hydrogen-bond acceptors (Lipinski definition) is 19. The number of carbonyl (C=O) groups is 2. The van der Waals surface area contributed by atoms with E-state index in [-0.39, 0.29) is 50.4 Å². The molecule has 2 aliphatic heterocycles. The van der Waals surface area contributed by atoms with Gasteiger partial charge in [-0.1, -0.05) is 98.8 Å². The average molecular weight is 1480 g/mol. The second-order valence-electron chi connectivity index (χ2n) is 23.3. The van der Waals surface area contributed by atoms with Crippen LogP contribution in [0.25, 0.3) is 89.7 Å². The van der Waals surface area contributed by atoms with E-state index in [2.05, 4.69) is 34.6 Å². The van der Waals surface area contributed by atoms with Crippen LogP contribution in [0.2, 0.25) is 0 Å². The molecular weight excluding hydrogens is 1400 g/mol. The van der Waals surface area contributed by atoms with Gasteiger partial charge in [0.25, 0.3) is 17.6 Å². The summed E-state index contributed by atoms with van der Waals surface area (Å²) in [4.78, 5) is 68.9. The third kappa shape index (κ3) is 24.1. The summed E-state index contributed by atoms with van der Waals surface area (Å²) in [5.74, 6) is 3.86. The molecule has 2 N–H and O–H groups in total. The number of carboxylic acids is 2. The largest absolute Gasteiger partial charge is 2.00 e. The molecule has 2 aliphatic rings. The average Bonchev–Trinajstić information content (AvgIpc) is 1.60. The van der Waals surface area contributed by atoms with Crippen molar-refractivity contribution in [2.24, 2.45) is 0 Å². The molecule has 11 rings (SSSR count). The maximum atomic E-state index is 10.3. The molecule has 538 valence electrons. The summed E-state index contributed by atoms with van der Waals surface area (Å²) in [5, 5.41) is 62.9. The van der Waals surface area contributed by atoms with Crippen LogP contribution in [-0.2, 0) is 43.1 Å². The third-order valence-electron chi connectivity index (χ3n) is 15.4. The van der Waals surface area contributed by atoms with Crippen molar-refractivity contribution in [1.29, 1.82) is 21.0 Å². The van der Waals surface area contributed by atoms with Gasteiger partial charge in [0.15, 0.2) is 0 Å². The van der Waals surface area contributed by atoms with Crippen molar-refractivity contribution in [1.82, 2.24) is 39.9 Å². The zero-order chi connectivity index (χ0) is 72.6. The Morgan fingerprint density at radius 3 is 1.01 bits per heavy atom.